The normalized spacial score (nSPS) is 26.1. The van der Waals surface area contributed by atoms with Crippen molar-refractivity contribution in [1.29, 1.82) is 5.26 Å². The van der Waals surface area contributed by atoms with Crippen LogP contribution in [-0.2, 0) is 0 Å². The van der Waals surface area contributed by atoms with Crippen LogP contribution in [0.15, 0.2) is 16.0 Å². The first-order chi connectivity index (χ1) is 9.57. The second-order valence-corrected chi connectivity index (χ2v) is 6.54. The highest BCUT2D eigenvalue weighted by molar-refractivity contribution is 7.99. The molecular formula is C14H20N4OS. The number of rotatable bonds is 4. The summed E-state index contributed by atoms with van der Waals surface area (Å²) in [7, 11) is 0. The quantitative estimate of drug-likeness (QED) is 0.829. The average Bonchev–Trinajstić information content (AvgIpc) is 2.38. The van der Waals surface area contributed by atoms with Gasteiger partial charge in [-0.05, 0) is 39.2 Å². The highest BCUT2D eigenvalue weighted by Gasteiger charge is 2.36. The minimum absolute atomic E-state index is 0.117. The van der Waals surface area contributed by atoms with Crippen LogP contribution in [0.4, 0.5) is 0 Å². The number of aromatic nitrogens is 2. The van der Waals surface area contributed by atoms with Crippen molar-refractivity contribution in [3.8, 4) is 6.07 Å². The van der Waals surface area contributed by atoms with Crippen molar-refractivity contribution in [2.24, 2.45) is 0 Å². The van der Waals surface area contributed by atoms with E-state index in [2.05, 4.69) is 21.4 Å². The molecule has 6 heteroatoms. The molecule has 0 aliphatic heterocycles. The van der Waals surface area contributed by atoms with E-state index >= 15 is 0 Å². The zero-order chi connectivity index (χ0) is 14.6. The number of nitriles is 1. The van der Waals surface area contributed by atoms with Crippen LogP contribution in [0.5, 0.6) is 0 Å². The molecule has 1 fully saturated rings. The van der Waals surface area contributed by atoms with Gasteiger partial charge in [-0.25, -0.2) is 4.98 Å². The molecule has 0 radical (unpaired) electrons. The predicted molar refractivity (Wildman–Crippen MR) is 79.7 cm³/mol. The van der Waals surface area contributed by atoms with Crippen LogP contribution in [-0.4, -0.2) is 27.3 Å². The van der Waals surface area contributed by atoms with Crippen molar-refractivity contribution >= 4 is 11.8 Å². The summed E-state index contributed by atoms with van der Waals surface area (Å²) in [5.74, 6) is 0. The fourth-order valence-electron chi connectivity index (χ4n) is 2.73. The van der Waals surface area contributed by atoms with E-state index in [1.54, 1.807) is 11.8 Å². The number of aryl methyl sites for hydroxylation is 1. The van der Waals surface area contributed by atoms with Crippen molar-refractivity contribution < 1.29 is 0 Å². The lowest BCUT2D eigenvalue weighted by Crippen LogP contribution is -2.48. The minimum atomic E-state index is -0.422. The van der Waals surface area contributed by atoms with Gasteiger partial charge >= 0.3 is 0 Å². The van der Waals surface area contributed by atoms with Crippen LogP contribution >= 0.6 is 11.8 Å². The molecule has 2 atom stereocenters. The zero-order valence-corrected chi connectivity index (χ0v) is 12.7. The number of thioether (sulfide) groups is 1. The molecule has 20 heavy (non-hydrogen) atoms. The maximum atomic E-state index is 11.5. The molecule has 108 valence electrons. The molecule has 1 aliphatic rings. The van der Waals surface area contributed by atoms with Crippen LogP contribution < -0.4 is 10.9 Å². The average molecular weight is 292 g/mol. The van der Waals surface area contributed by atoms with Crippen molar-refractivity contribution in [3.63, 3.8) is 0 Å². The number of H-pyrrole nitrogens is 1. The summed E-state index contributed by atoms with van der Waals surface area (Å²) in [5.41, 5.74) is 0.189. The Labute approximate surface area is 123 Å². The van der Waals surface area contributed by atoms with Crippen LogP contribution in [0.1, 0.15) is 38.3 Å². The van der Waals surface area contributed by atoms with E-state index in [0.29, 0.717) is 10.4 Å². The second kappa shape index (κ2) is 6.42. The molecule has 1 aromatic rings. The SMILES string of the molecule is CCNC1(C#N)CCCC(Sc2nc(C)cc(=O)[nH]2)C1. The Hall–Kier alpha value is -1.32. The van der Waals surface area contributed by atoms with Crippen LogP contribution in [0, 0.1) is 18.3 Å². The van der Waals surface area contributed by atoms with E-state index < -0.39 is 5.54 Å². The summed E-state index contributed by atoms with van der Waals surface area (Å²) in [6.45, 7) is 4.64. The second-order valence-electron chi connectivity index (χ2n) is 5.25. The molecule has 0 saturated heterocycles. The molecule has 2 unspecified atom stereocenters. The van der Waals surface area contributed by atoms with Crippen LogP contribution in [0.3, 0.4) is 0 Å². The Morgan fingerprint density at radius 2 is 2.50 bits per heavy atom. The standard InChI is InChI=1S/C14H20N4OS/c1-3-16-14(9-15)6-4-5-11(8-14)20-13-17-10(2)7-12(19)18-13/h7,11,16H,3-6,8H2,1-2H3,(H,17,18,19). The molecule has 0 spiro atoms. The molecule has 1 saturated carbocycles. The van der Waals surface area contributed by atoms with Crippen molar-refractivity contribution in [2.75, 3.05) is 6.54 Å². The van der Waals surface area contributed by atoms with Gasteiger partial charge in [-0.1, -0.05) is 18.7 Å². The van der Waals surface area contributed by atoms with Gasteiger partial charge in [-0.15, -0.1) is 0 Å². The largest absolute Gasteiger partial charge is 0.301 e. The van der Waals surface area contributed by atoms with Gasteiger partial charge in [0.2, 0.25) is 0 Å². The molecule has 0 aromatic carbocycles. The first kappa shape index (κ1) is 15.1. The Balaban J connectivity index is 2.10. The molecule has 1 aliphatic carbocycles. The number of hydrogen-bond donors (Lipinski definition) is 2. The topological polar surface area (TPSA) is 81.6 Å². The summed E-state index contributed by atoms with van der Waals surface area (Å²) < 4.78 is 0. The molecule has 2 rings (SSSR count). The fraction of sp³-hybridized carbons (Fsp3) is 0.643. The van der Waals surface area contributed by atoms with Gasteiger partial charge in [0, 0.05) is 17.0 Å². The van der Waals surface area contributed by atoms with Gasteiger partial charge < -0.3 is 4.98 Å². The van der Waals surface area contributed by atoms with E-state index in [0.717, 1.165) is 37.9 Å². The molecule has 1 heterocycles. The summed E-state index contributed by atoms with van der Waals surface area (Å²) in [5, 5.41) is 13.7. The summed E-state index contributed by atoms with van der Waals surface area (Å²) in [6, 6.07) is 3.93. The molecule has 1 aromatic heterocycles. The van der Waals surface area contributed by atoms with Gasteiger partial charge in [0.1, 0.15) is 5.54 Å². The van der Waals surface area contributed by atoms with E-state index in [1.807, 2.05) is 13.8 Å². The van der Waals surface area contributed by atoms with Crippen LogP contribution in [0.25, 0.3) is 0 Å². The van der Waals surface area contributed by atoms with E-state index in [-0.39, 0.29) is 5.56 Å². The van der Waals surface area contributed by atoms with Crippen molar-refractivity contribution in [3.05, 3.63) is 22.1 Å². The lowest BCUT2D eigenvalue weighted by molar-refractivity contribution is 0.309. The Bertz CT molecular complexity index is 561. The van der Waals surface area contributed by atoms with E-state index in [1.165, 1.54) is 6.07 Å². The molecular weight excluding hydrogens is 272 g/mol. The monoisotopic (exact) mass is 292 g/mol. The first-order valence-electron chi connectivity index (χ1n) is 6.98. The van der Waals surface area contributed by atoms with E-state index in [4.69, 9.17) is 0 Å². The van der Waals surface area contributed by atoms with Gasteiger partial charge in [0.25, 0.3) is 5.56 Å². The van der Waals surface area contributed by atoms with Gasteiger partial charge in [0.15, 0.2) is 5.16 Å². The third-order valence-corrected chi connectivity index (χ3v) is 4.71. The number of aromatic amines is 1. The summed E-state index contributed by atoms with van der Waals surface area (Å²) in [4.78, 5) is 18.6. The Morgan fingerprint density at radius 3 is 3.15 bits per heavy atom. The van der Waals surface area contributed by atoms with Crippen LogP contribution in [0.2, 0.25) is 0 Å². The molecule has 2 N–H and O–H groups in total. The minimum Gasteiger partial charge on any atom is -0.301 e. The van der Waals surface area contributed by atoms with Gasteiger partial charge in [-0.3, -0.25) is 10.1 Å². The van der Waals surface area contributed by atoms with Crippen molar-refractivity contribution in [1.82, 2.24) is 15.3 Å². The first-order valence-corrected chi connectivity index (χ1v) is 7.86. The van der Waals surface area contributed by atoms with Gasteiger partial charge in [-0.2, -0.15) is 5.26 Å². The highest BCUT2D eigenvalue weighted by Crippen LogP contribution is 2.36. The lowest BCUT2D eigenvalue weighted by atomic mass is 9.82. The molecule has 5 nitrogen and oxygen atoms in total. The third kappa shape index (κ3) is 3.62. The highest BCUT2D eigenvalue weighted by atomic mass is 32.2. The van der Waals surface area contributed by atoms with Gasteiger partial charge in [0.05, 0.1) is 6.07 Å². The molecule has 0 amide bonds. The maximum absolute atomic E-state index is 11.5. The summed E-state index contributed by atoms with van der Waals surface area (Å²) >= 11 is 1.58. The zero-order valence-electron chi connectivity index (χ0n) is 11.9. The smallest absolute Gasteiger partial charge is 0.251 e. The lowest BCUT2D eigenvalue weighted by Gasteiger charge is -2.35. The third-order valence-electron chi connectivity index (χ3n) is 3.56. The predicted octanol–water partition coefficient (Wildman–Crippen LogP) is 1.98. The number of hydrogen-bond acceptors (Lipinski definition) is 5. The number of nitrogens with zero attached hydrogens (tertiary/aromatic N) is 2. The number of nitrogens with one attached hydrogen (secondary N) is 2. The maximum Gasteiger partial charge on any atom is 0.251 e. The fourth-order valence-corrected chi connectivity index (χ4v) is 4.05. The summed E-state index contributed by atoms with van der Waals surface area (Å²) in [6.07, 6.45) is 3.76. The Morgan fingerprint density at radius 1 is 1.70 bits per heavy atom. The Kier molecular flexibility index (Phi) is 4.84. The van der Waals surface area contributed by atoms with E-state index in [9.17, 15) is 10.1 Å². The van der Waals surface area contributed by atoms with Crippen molar-refractivity contribution in [2.45, 2.75) is 55.5 Å². The molecule has 0 bridgehead atoms.